The fourth-order valence-corrected chi connectivity index (χ4v) is 10.4. The monoisotopic (exact) mass is 607 g/mol. The first-order valence-electron chi connectivity index (χ1n) is 19.0. The highest BCUT2D eigenvalue weighted by molar-refractivity contribution is 5.85. The second-order valence-electron chi connectivity index (χ2n) is 16.2. The van der Waals surface area contributed by atoms with Crippen LogP contribution in [0.1, 0.15) is 176 Å². The molecule has 4 aliphatic rings. The molecule has 0 saturated heterocycles. The van der Waals surface area contributed by atoms with E-state index < -0.39 is 0 Å². The van der Waals surface area contributed by atoms with Crippen LogP contribution in [0.2, 0.25) is 0 Å². The molecule has 3 saturated carbocycles. The Kier molecular flexibility index (Phi) is 12.7. The van der Waals surface area contributed by atoms with Crippen LogP contribution in [-0.4, -0.2) is 17.9 Å². The summed E-state index contributed by atoms with van der Waals surface area (Å²) in [5.74, 6) is 2.44. The van der Waals surface area contributed by atoms with Gasteiger partial charge in [-0.2, -0.15) is 0 Å². The summed E-state index contributed by atoms with van der Waals surface area (Å²) in [4.78, 5) is 37.2. The Labute approximate surface area is 270 Å². The maximum atomic E-state index is 13.2. The lowest BCUT2D eigenvalue weighted by molar-refractivity contribution is -0.127. The zero-order valence-corrected chi connectivity index (χ0v) is 29.3. The Balaban J connectivity index is 1.10. The summed E-state index contributed by atoms with van der Waals surface area (Å²) in [6.45, 7) is 11.0. The van der Waals surface area contributed by atoms with Crippen molar-refractivity contribution in [2.45, 2.75) is 176 Å². The van der Waals surface area contributed by atoms with Crippen molar-refractivity contribution in [1.29, 1.82) is 0 Å². The normalized spacial score (nSPS) is 31.5. The third-order valence-corrected chi connectivity index (χ3v) is 13.7. The smallest absolute Gasteiger partial charge is 0.140 e. The van der Waals surface area contributed by atoms with Gasteiger partial charge in [-0.3, -0.25) is 9.59 Å². The third kappa shape index (κ3) is 7.71. The summed E-state index contributed by atoms with van der Waals surface area (Å²) in [5, 5.41) is 0. The van der Waals surface area contributed by atoms with Crippen LogP contribution in [0, 0.1) is 39.9 Å². The van der Waals surface area contributed by atoms with Crippen LogP contribution >= 0.6 is 0 Å². The number of allylic oxidation sites excluding steroid dienone is 4. The van der Waals surface area contributed by atoms with Crippen LogP contribution in [0.5, 0.6) is 0 Å². The molecule has 0 N–H and O–H groups in total. The van der Waals surface area contributed by atoms with Gasteiger partial charge in [-0.15, -0.1) is 0 Å². The molecule has 44 heavy (non-hydrogen) atoms. The first kappa shape index (κ1) is 35.3. The highest BCUT2D eigenvalue weighted by atomic mass is 16.1. The van der Waals surface area contributed by atoms with Crippen LogP contribution in [0.25, 0.3) is 0 Å². The van der Waals surface area contributed by atoms with E-state index in [4.69, 9.17) is 0 Å². The molecular weight excluding hydrogens is 540 g/mol. The fraction of sp³-hybridized carbons (Fsp3) is 0.829. The van der Waals surface area contributed by atoms with Gasteiger partial charge in [0.1, 0.15) is 17.9 Å². The molecule has 0 aromatic rings. The number of hydrogen-bond donors (Lipinski definition) is 0. The molecule has 0 amide bonds. The van der Waals surface area contributed by atoms with E-state index in [1.807, 2.05) is 6.92 Å². The lowest BCUT2D eigenvalue weighted by Gasteiger charge is -2.54. The molecular formula is C41H66O3. The zero-order chi connectivity index (χ0) is 31.8. The van der Waals surface area contributed by atoms with E-state index in [0.717, 1.165) is 51.4 Å². The molecule has 1 unspecified atom stereocenters. The Hall–Kier alpha value is -1.51. The summed E-state index contributed by atoms with van der Waals surface area (Å²) in [6, 6.07) is 0. The molecule has 0 spiro atoms. The summed E-state index contributed by atoms with van der Waals surface area (Å²) < 4.78 is 0. The van der Waals surface area contributed by atoms with Crippen LogP contribution in [0.15, 0.2) is 23.3 Å². The van der Waals surface area contributed by atoms with E-state index >= 15 is 0 Å². The van der Waals surface area contributed by atoms with E-state index in [-0.39, 0.29) is 28.1 Å². The predicted molar refractivity (Wildman–Crippen MR) is 183 cm³/mol. The molecule has 4 aliphatic carbocycles. The van der Waals surface area contributed by atoms with Gasteiger partial charge in [-0.1, -0.05) is 128 Å². The Morgan fingerprint density at radius 1 is 0.841 bits per heavy atom. The van der Waals surface area contributed by atoms with Gasteiger partial charge >= 0.3 is 0 Å². The van der Waals surface area contributed by atoms with Crippen molar-refractivity contribution in [2.24, 2.45) is 39.9 Å². The van der Waals surface area contributed by atoms with Crippen molar-refractivity contribution in [3.8, 4) is 0 Å². The fourth-order valence-electron chi connectivity index (χ4n) is 10.4. The molecule has 248 valence electrons. The molecule has 3 fully saturated rings. The minimum atomic E-state index is -0.0575. The molecule has 3 nitrogen and oxygen atoms in total. The number of carbonyl (C=O) groups is 3. The van der Waals surface area contributed by atoms with Crippen molar-refractivity contribution < 1.29 is 14.4 Å². The number of Topliss-reactive ketones (excluding diaryl/α,β-unsaturated/α-hetero) is 2. The number of carbonyl (C=O) groups excluding carboxylic acids is 3. The predicted octanol–water partition coefficient (Wildman–Crippen LogP) is 11.3. The molecule has 0 radical (unpaired) electrons. The van der Waals surface area contributed by atoms with Gasteiger partial charge in [0.05, 0.1) is 0 Å². The SMILES string of the molecule is CCC(C=O)(CC)CCCCCCCCCCCCCCC1C[C@@]2(C)C(=CC=C3[C@@H]4CC[C@H](C(C)=O)[C@@]4(C)CC[C@@H]32)CC1=O. The standard InChI is InChI=1S/C41H66O3/c1-6-41(7-2,30-42)26-19-17-15-13-11-9-8-10-12-14-16-18-20-32-29-40(5)33(28-38(32)44)21-22-34-36-24-23-35(31(3)43)39(36,4)27-25-37(34)40/h21-22,30,32,35-37H,6-20,23-29H2,1-5H3/t32?,35-,36+,37+,39-,40+/m1/s1. The molecule has 0 aromatic carbocycles. The summed E-state index contributed by atoms with van der Waals surface area (Å²) >= 11 is 0. The number of fused-ring (bicyclic) bond motifs is 5. The van der Waals surface area contributed by atoms with Gasteiger partial charge in [0, 0.05) is 23.7 Å². The summed E-state index contributed by atoms with van der Waals surface area (Å²) in [6.07, 6.45) is 31.9. The summed E-state index contributed by atoms with van der Waals surface area (Å²) in [5.41, 5.74) is 3.22. The molecule has 6 atom stereocenters. The Morgan fingerprint density at radius 2 is 1.43 bits per heavy atom. The van der Waals surface area contributed by atoms with Crippen molar-refractivity contribution in [3.05, 3.63) is 23.3 Å². The van der Waals surface area contributed by atoms with E-state index in [0.29, 0.717) is 29.8 Å². The molecule has 0 aromatic heterocycles. The maximum absolute atomic E-state index is 13.2. The second-order valence-corrected chi connectivity index (χ2v) is 16.2. The lowest BCUT2D eigenvalue weighted by atomic mass is 9.49. The zero-order valence-electron chi connectivity index (χ0n) is 29.3. The van der Waals surface area contributed by atoms with Gasteiger partial charge in [0.25, 0.3) is 0 Å². The molecule has 3 heteroatoms. The van der Waals surface area contributed by atoms with Crippen molar-refractivity contribution in [3.63, 3.8) is 0 Å². The average molecular weight is 607 g/mol. The largest absolute Gasteiger partial charge is 0.303 e. The van der Waals surface area contributed by atoms with Gasteiger partial charge in [-0.25, -0.2) is 0 Å². The number of aldehydes is 1. The number of hydrogen-bond acceptors (Lipinski definition) is 3. The number of ketones is 2. The van der Waals surface area contributed by atoms with E-state index in [9.17, 15) is 14.4 Å². The van der Waals surface area contributed by atoms with Crippen LogP contribution in [0.4, 0.5) is 0 Å². The number of unbranched alkanes of at least 4 members (excludes halogenated alkanes) is 11. The van der Waals surface area contributed by atoms with Gasteiger partial charge in [-0.05, 0) is 87.4 Å². The Morgan fingerprint density at radius 3 is 2.00 bits per heavy atom. The van der Waals surface area contributed by atoms with Crippen molar-refractivity contribution in [2.75, 3.05) is 0 Å². The third-order valence-electron chi connectivity index (χ3n) is 13.7. The van der Waals surface area contributed by atoms with Crippen LogP contribution < -0.4 is 0 Å². The Bertz CT molecular complexity index is 1050. The van der Waals surface area contributed by atoms with Gasteiger partial charge in [0.2, 0.25) is 0 Å². The first-order chi connectivity index (χ1) is 21.1. The first-order valence-corrected chi connectivity index (χ1v) is 19.0. The van der Waals surface area contributed by atoms with Crippen molar-refractivity contribution >= 4 is 17.9 Å². The van der Waals surface area contributed by atoms with Crippen LogP contribution in [-0.2, 0) is 14.4 Å². The molecule has 0 bridgehead atoms. The number of rotatable bonds is 19. The molecule has 0 aliphatic heterocycles. The van der Waals surface area contributed by atoms with E-state index in [1.54, 1.807) is 5.57 Å². The minimum absolute atomic E-state index is 0.0575. The highest BCUT2D eigenvalue weighted by Gasteiger charge is 2.57. The highest BCUT2D eigenvalue weighted by Crippen LogP contribution is 2.65. The van der Waals surface area contributed by atoms with Gasteiger partial charge in [0.15, 0.2) is 0 Å². The molecule has 4 rings (SSSR count). The molecule has 0 heterocycles. The van der Waals surface area contributed by atoms with Gasteiger partial charge < -0.3 is 4.79 Å². The topological polar surface area (TPSA) is 51.2 Å². The average Bonchev–Trinajstić information content (AvgIpc) is 3.37. The van der Waals surface area contributed by atoms with Crippen molar-refractivity contribution in [1.82, 2.24) is 0 Å². The maximum Gasteiger partial charge on any atom is 0.140 e. The second kappa shape index (κ2) is 15.9. The van der Waals surface area contributed by atoms with E-state index in [2.05, 4.69) is 39.8 Å². The minimum Gasteiger partial charge on any atom is -0.303 e. The summed E-state index contributed by atoms with van der Waals surface area (Å²) in [7, 11) is 0. The quantitative estimate of drug-likeness (QED) is 0.109. The van der Waals surface area contributed by atoms with Crippen LogP contribution in [0.3, 0.4) is 0 Å². The van der Waals surface area contributed by atoms with E-state index in [1.165, 1.54) is 95.3 Å². The lowest BCUT2D eigenvalue weighted by Crippen LogP contribution is -2.47.